The van der Waals surface area contributed by atoms with Crippen molar-refractivity contribution in [2.75, 3.05) is 38.3 Å². The van der Waals surface area contributed by atoms with Crippen molar-refractivity contribution in [2.45, 2.75) is 44.7 Å². The summed E-state index contributed by atoms with van der Waals surface area (Å²) in [5.41, 5.74) is 2.72. The molecular formula is C18H28N2O. The van der Waals surface area contributed by atoms with Crippen molar-refractivity contribution in [1.29, 1.82) is 0 Å². The lowest BCUT2D eigenvalue weighted by Gasteiger charge is -2.42. The predicted octanol–water partition coefficient (Wildman–Crippen LogP) is 3.07. The molecule has 2 aliphatic heterocycles. The van der Waals surface area contributed by atoms with E-state index in [1.807, 2.05) is 0 Å². The van der Waals surface area contributed by atoms with Crippen LogP contribution < -0.4 is 4.90 Å². The summed E-state index contributed by atoms with van der Waals surface area (Å²) in [7, 11) is 2.32. The van der Waals surface area contributed by atoms with Crippen LogP contribution in [0, 0.1) is 6.92 Å². The first-order valence-electron chi connectivity index (χ1n) is 8.35. The van der Waals surface area contributed by atoms with Crippen LogP contribution in [0.1, 0.15) is 31.2 Å². The third kappa shape index (κ3) is 3.58. The van der Waals surface area contributed by atoms with Crippen molar-refractivity contribution < 1.29 is 4.74 Å². The maximum absolute atomic E-state index is 5.49. The minimum Gasteiger partial charge on any atom is -0.381 e. The number of piperidine rings is 1. The van der Waals surface area contributed by atoms with Crippen molar-refractivity contribution >= 4 is 5.69 Å². The normalized spacial score (nSPS) is 22.0. The number of rotatable bonds is 3. The van der Waals surface area contributed by atoms with Gasteiger partial charge in [-0.2, -0.15) is 0 Å². The van der Waals surface area contributed by atoms with Gasteiger partial charge in [0.15, 0.2) is 0 Å². The van der Waals surface area contributed by atoms with E-state index in [1.165, 1.54) is 50.0 Å². The molecule has 0 aromatic heterocycles. The van der Waals surface area contributed by atoms with E-state index in [1.54, 1.807) is 0 Å². The maximum atomic E-state index is 5.49. The molecule has 2 aliphatic rings. The van der Waals surface area contributed by atoms with Crippen molar-refractivity contribution in [2.24, 2.45) is 0 Å². The molecule has 0 atom stereocenters. The van der Waals surface area contributed by atoms with E-state index < -0.39 is 0 Å². The van der Waals surface area contributed by atoms with E-state index >= 15 is 0 Å². The fraction of sp³-hybridized carbons (Fsp3) is 0.667. The quantitative estimate of drug-likeness (QED) is 0.850. The van der Waals surface area contributed by atoms with E-state index in [2.05, 4.69) is 48.0 Å². The Hall–Kier alpha value is -1.06. The van der Waals surface area contributed by atoms with Gasteiger partial charge in [-0.15, -0.1) is 0 Å². The zero-order chi connectivity index (χ0) is 14.7. The molecule has 0 radical (unpaired) electrons. The van der Waals surface area contributed by atoms with Crippen molar-refractivity contribution in [3.63, 3.8) is 0 Å². The summed E-state index contributed by atoms with van der Waals surface area (Å²) in [5, 5.41) is 0. The number of benzene rings is 1. The molecule has 2 saturated heterocycles. The second-order valence-corrected chi connectivity index (χ2v) is 6.56. The van der Waals surface area contributed by atoms with Crippen LogP contribution in [0.25, 0.3) is 0 Å². The lowest BCUT2D eigenvalue weighted by atomic mass is 9.98. The second-order valence-electron chi connectivity index (χ2n) is 6.56. The van der Waals surface area contributed by atoms with Crippen LogP contribution in [0.5, 0.6) is 0 Å². The Morgan fingerprint density at radius 1 is 0.952 bits per heavy atom. The third-order valence-corrected chi connectivity index (χ3v) is 5.21. The van der Waals surface area contributed by atoms with E-state index in [0.29, 0.717) is 0 Å². The average Bonchev–Trinajstić information content (AvgIpc) is 2.56. The van der Waals surface area contributed by atoms with Crippen LogP contribution in [-0.2, 0) is 4.74 Å². The minimum atomic E-state index is 0.731. The first kappa shape index (κ1) is 14.9. The van der Waals surface area contributed by atoms with E-state index in [9.17, 15) is 0 Å². The molecule has 1 aromatic rings. The summed E-state index contributed by atoms with van der Waals surface area (Å²) in [6.45, 7) is 6.40. The number of anilines is 1. The molecule has 0 amide bonds. The molecule has 0 unspecified atom stereocenters. The summed E-state index contributed by atoms with van der Waals surface area (Å²) in [6.07, 6.45) is 4.97. The molecule has 0 aliphatic carbocycles. The molecule has 0 spiro atoms. The molecule has 0 N–H and O–H groups in total. The van der Waals surface area contributed by atoms with Crippen molar-refractivity contribution in [3.8, 4) is 0 Å². The summed E-state index contributed by atoms with van der Waals surface area (Å²) in [6, 6.07) is 10.4. The Bertz CT molecular complexity index is 431. The number of nitrogens with zero attached hydrogens (tertiary/aromatic N) is 2. The largest absolute Gasteiger partial charge is 0.381 e. The third-order valence-electron chi connectivity index (χ3n) is 5.21. The van der Waals surface area contributed by atoms with E-state index in [0.717, 1.165) is 25.3 Å². The highest BCUT2D eigenvalue weighted by Crippen LogP contribution is 2.25. The Balaban J connectivity index is 1.53. The van der Waals surface area contributed by atoms with Gasteiger partial charge in [0.1, 0.15) is 0 Å². The molecule has 2 heterocycles. The zero-order valence-corrected chi connectivity index (χ0v) is 13.4. The fourth-order valence-corrected chi connectivity index (χ4v) is 3.68. The summed E-state index contributed by atoms with van der Waals surface area (Å²) < 4.78 is 5.49. The summed E-state index contributed by atoms with van der Waals surface area (Å²) in [4.78, 5) is 5.17. The Morgan fingerprint density at radius 3 is 2.14 bits per heavy atom. The van der Waals surface area contributed by atoms with Crippen LogP contribution >= 0.6 is 0 Å². The van der Waals surface area contributed by atoms with Gasteiger partial charge in [0.2, 0.25) is 0 Å². The number of aryl methyl sites for hydroxylation is 1. The van der Waals surface area contributed by atoms with Gasteiger partial charge in [0, 0.05) is 44.1 Å². The molecule has 0 bridgehead atoms. The van der Waals surface area contributed by atoms with Crippen molar-refractivity contribution in [1.82, 2.24) is 4.90 Å². The van der Waals surface area contributed by atoms with Gasteiger partial charge in [0.25, 0.3) is 0 Å². The summed E-state index contributed by atoms with van der Waals surface area (Å²) >= 11 is 0. The molecule has 1 aromatic carbocycles. The standard InChI is InChI=1S/C18H28N2O/c1-15-3-5-18(6-4-15)20-11-7-16(8-12-20)19(2)17-9-13-21-14-10-17/h3-6,16-17H,7-14H2,1-2H3. The average molecular weight is 288 g/mol. The van der Waals surface area contributed by atoms with Gasteiger partial charge < -0.3 is 14.5 Å². The van der Waals surface area contributed by atoms with Gasteiger partial charge in [-0.05, 0) is 51.8 Å². The van der Waals surface area contributed by atoms with Gasteiger partial charge >= 0.3 is 0 Å². The van der Waals surface area contributed by atoms with Gasteiger partial charge in [-0.25, -0.2) is 0 Å². The highest BCUT2D eigenvalue weighted by atomic mass is 16.5. The van der Waals surface area contributed by atoms with Crippen LogP contribution in [-0.4, -0.2) is 50.3 Å². The lowest BCUT2D eigenvalue weighted by molar-refractivity contribution is 0.0244. The molecule has 3 heteroatoms. The lowest BCUT2D eigenvalue weighted by Crippen LogP contribution is -2.48. The SMILES string of the molecule is Cc1ccc(N2CCC(N(C)C3CCOCC3)CC2)cc1. The second kappa shape index (κ2) is 6.80. The molecule has 21 heavy (non-hydrogen) atoms. The van der Waals surface area contributed by atoms with E-state index in [4.69, 9.17) is 4.74 Å². The zero-order valence-electron chi connectivity index (χ0n) is 13.4. The highest BCUT2D eigenvalue weighted by molar-refractivity contribution is 5.47. The van der Waals surface area contributed by atoms with Crippen molar-refractivity contribution in [3.05, 3.63) is 29.8 Å². The highest BCUT2D eigenvalue weighted by Gasteiger charge is 2.28. The molecule has 3 rings (SSSR count). The van der Waals surface area contributed by atoms with E-state index in [-0.39, 0.29) is 0 Å². The smallest absolute Gasteiger partial charge is 0.0480 e. The van der Waals surface area contributed by atoms with Gasteiger partial charge in [-0.3, -0.25) is 0 Å². The molecule has 0 saturated carbocycles. The summed E-state index contributed by atoms with van der Waals surface area (Å²) in [5.74, 6) is 0. The van der Waals surface area contributed by atoms with Crippen LogP contribution in [0.4, 0.5) is 5.69 Å². The fourth-order valence-electron chi connectivity index (χ4n) is 3.68. The van der Waals surface area contributed by atoms with Crippen LogP contribution in [0.15, 0.2) is 24.3 Å². The molecule has 2 fully saturated rings. The number of hydrogen-bond acceptors (Lipinski definition) is 3. The monoisotopic (exact) mass is 288 g/mol. The van der Waals surface area contributed by atoms with Gasteiger partial charge in [0.05, 0.1) is 0 Å². The molecule has 116 valence electrons. The maximum Gasteiger partial charge on any atom is 0.0480 e. The number of ether oxygens (including phenoxy) is 1. The predicted molar refractivity (Wildman–Crippen MR) is 88.0 cm³/mol. The van der Waals surface area contributed by atoms with Gasteiger partial charge in [-0.1, -0.05) is 17.7 Å². The Labute approximate surface area is 128 Å². The molecular weight excluding hydrogens is 260 g/mol. The Kier molecular flexibility index (Phi) is 4.81. The Morgan fingerprint density at radius 2 is 1.52 bits per heavy atom. The topological polar surface area (TPSA) is 15.7 Å². The minimum absolute atomic E-state index is 0.731. The van der Waals surface area contributed by atoms with Crippen LogP contribution in [0.2, 0.25) is 0 Å². The van der Waals surface area contributed by atoms with Crippen LogP contribution in [0.3, 0.4) is 0 Å². The molecule has 3 nitrogen and oxygen atoms in total. The first-order chi connectivity index (χ1) is 10.2. The number of hydrogen-bond donors (Lipinski definition) is 0. The first-order valence-corrected chi connectivity index (χ1v) is 8.35.